The van der Waals surface area contributed by atoms with Gasteiger partial charge < -0.3 is 14.4 Å². The fourth-order valence-electron chi connectivity index (χ4n) is 3.79. The number of rotatable bonds is 7. The second kappa shape index (κ2) is 8.57. The Morgan fingerprint density at radius 1 is 1.03 bits per heavy atom. The van der Waals surface area contributed by atoms with Crippen molar-refractivity contribution < 1.29 is 23.9 Å². The van der Waals surface area contributed by atoms with Gasteiger partial charge in [-0.3, -0.25) is 19.3 Å². The molecule has 2 aliphatic heterocycles. The van der Waals surface area contributed by atoms with Crippen molar-refractivity contribution in [3.8, 4) is 11.5 Å². The van der Waals surface area contributed by atoms with Crippen LogP contribution in [0, 0.1) is 0 Å². The highest BCUT2D eigenvalue weighted by molar-refractivity contribution is 6.21. The van der Waals surface area contributed by atoms with Gasteiger partial charge in [-0.2, -0.15) is 0 Å². The van der Waals surface area contributed by atoms with E-state index in [2.05, 4.69) is 0 Å². The maximum Gasteiger partial charge on any atom is 0.261 e. The second-order valence-corrected chi connectivity index (χ2v) is 7.34. The first kappa shape index (κ1) is 19.9. The number of nitrogens with zero attached hydrogens (tertiary/aromatic N) is 2. The van der Waals surface area contributed by atoms with E-state index in [1.165, 1.54) is 4.90 Å². The van der Waals surface area contributed by atoms with E-state index >= 15 is 0 Å². The van der Waals surface area contributed by atoms with Crippen LogP contribution in [0.25, 0.3) is 0 Å². The van der Waals surface area contributed by atoms with Gasteiger partial charge in [-0.05, 0) is 37.6 Å². The smallest absolute Gasteiger partial charge is 0.261 e. The van der Waals surface area contributed by atoms with Crippen molar-refractivity contribution in [3.63, 3.8) is 0 Å². The van der Waals surface area contributed by atoms with Gasteiger partial charge in [0.05, 0.1) is 17.7 Å². The lowest BCUT2D eigenvalue weighted by Gasteiger charge is -2.31. The van der Waals surface area contributed by atoms with Crippen molar-refractivity contribution in [1.29, 1.82) is 0 Å². The Morgan fingerprint density at radius 2 is 1.67 bits per heavy atom. The lowest BCUT2D eigenvalue weighted by Crippen LogP contribution is -2.43. The number of ether oxygens (including phenoxy) is 2. The van der Waals surface area contributed by atoms with Crippen LogP contribution in [0.1, 0.15) is 40.5 Å². The Balaban J connectivity index is 1.28. The number of para-hydroxylation sites is 2. The molecule has 0 aliphatic carbocycles. The summed E-state index contributed by atoms with van der Waals surface area (Å²) in [7, 11) is 0. The van der Waals surface area contributed by atoms with E-state index in [-0.39, 0.29) is 36.8 Å². The van der Waals surface area contributed by atoms with Crippen molar-refractivity contribution in [2.45, 2.75) is 25.9 Å². The summed E-state index contributed by atoms with van der Waals surface area (Å²) < 4.78 is 11.7. The summed E-state index contributed by atoms with van der Waals surface area (Å²) in [5.74, 6) is 0.784. The van der Waals surface area contributed by atoms with E-state index in [4.69, 9.17) is 9.47 Å². The third-order valence-electron chi connectivity index (χ3n) is 5.38. The normalized spacial score (nSPS) is 17.1. The van der Waals surface area contributed by atoms with Gasteiger partial charge in [-0.25, -0.2) is 0 Å². The van der Waals surface area contributed by atoms with Gasteiger partial charge >= 0.3 is 0 Å². The molecule has 2 aromatic carbocycles. The molecular formula is C23H24N2O5. The monoisotopic (exact) mass is 408 g/mol. The minimum atomic E-state index is -0.290. The maximum atomic E-state index is 12.7. The van der Waals surface area contributed by atoms with Crippen LogP contribution in [0.3, 0.4) is 0 Å². The standard InChI is InChI=1S/C23H24N2O5/c1-2-24(14-16-15-29-19-10-5-6-11-20(19)30-16)21(26)12-7-13-25-22(27)17-8-3-4-9-18(17)23(25)28/h3-6,8-11,16H,2,7,12-15H2,1H3/t16-/m1/s1. The molecule has 0 bridgehead atoms. The molecule has 30 heavy (non-hydrogen) atoms. The van der Waals surface area contributed by atoms with Crippen molar-refractivity contribution in [2.24, 2.45) is 0 Å². The molecule has 0 fully saturated rings. The number of hydrogen-bond acceptors (Lipinski definition) is 5. The predicted octanol–water partition coefficient (Wildman–Crippen LogP) is 2.75. The van der Waals surface area contributed by atoms with Crippen LogP contribution in [0.5, 0.6) is 11.5 Å². The average Bonchev–Trinajstić information content (AvgIpc) is 3.02. The topological polar surface area (TPSA) is 76.2 Å². The van der Waals surface area contributed by atoms with Gasteiger partial charge in [-0.1, -0.05) is 24.3 Å². The highest BCUT2D eigenvalue weighted by Gasteiger charge is 2.34. The molecule has 4 rings (SSSR count). The van der Waals surface area contributed by atoms with Crippen LogP contribution in [-0.2, 0) is 4.79 Å². The summed E-state index contributed by atoms with van der Waals surface area (Å²) in [6, 6.07) is 14.3. The first-order valence-electron chi connectivity index (χ1n) is 10.2. The zero-order valence-electron chi connectivity index (χ0n) is 16.9. The summed E-state index contributed by atoms with van der Waals surface area (Å²) >= 11 is 0. The lowest BCUT2D eigenvalue weighted by atomic mass is 10.1. The molecule has 7 nitrogen and oxygen atoms in total. The molecular weight excluding hydrogens is 384 g/mol. The molecule has 2 aromatic rings. The number of amides is 3. The number of hydrogen-bond donors (Lipinski definition) is 0. The zero-order chi connectivity index (χ0) is 21.1. The predicted molar refractivity (Wildman–Crippen MR) is 110 cm³/mol. The number of carbonyl (C=O) groups excluding carboxylic acids is 3. The van der Waals surface area contributed by atoms with Gasteiger partial charge in [0.1, 0.15) is 6.61 Å². The molecule has 0 spiro atoms. The van der Waals surface area contributed by atoms with Crippen LogP contribution in [0.2, 0.25) is 0 Å². The van der Waals surface area contributed by atoms with E-state index in [0.29, 0.717) is 48.7 Å². The number of carbonyl (C=O) groups is 3. The largest absolute Gasteiger partial charge is 0.486 e. The van der Waals surface area contributed by atoms with E-state index in [1.54, 1.807) is 29.2 Å². The van der Waals surface area contributed by atoms with Crippen LogP contribution < -0.4 is 9.47 Å². The number of benzene rings is 2. The van der Waals surface area contributed by atoms with Crippen molar-refractivity contribution in [1.82, 2.24) is 9.80 Å². The molecule has 0 N–H and O–H groups in total. The minimum absolute atomic E-state index is 0.0310. The SMILES string of the molecule is CCN(C[C@@H]1COc2ccccc2O1)C(=O)CCCN1C(=O)c2ccccc2C1=O. The molecule has 0 radical (unpaired) electrons. The Bertz CT molecular complexity index is 939. The summed E-state index contributed by atoms with van der Waals surface area (Å²) in [4.78, 5) is 40.5. The van der Waals surface area contributed by atoms with Crippen LogP contribution in [-0.4, -0.2) is 59.9 Å². The van der Waals surface area contributed by atoms with Crippen LogP contribution in [0.4, 0.5) is 0 Å². The van der Waals surface area contributed by atoms with Crippen molar-refractivity contribution in [2.75, 3.05) is 26.2 Å². The first-order valence-corrected chi connectivity index (χ1v) is 10.2. The van der Waals surface area contributed by atoms with Gasteiger partial charge in [0.15, 0.2) is 17.6 Å². The Kier molecular flexibility index (Phi) is 5.70. The molecule has 156 valence electrons. The highest BCUT2D eigenvalue weighted by Crippen LogP contribution is 2.31. The summed E-state index contributed by atoms with van der Waals surface area (Å²) in [6.45, 7) is 3.51. The van der Waals surface area contributed by atoms with E-state index < -0.39 is 0 Å². The van der Waals surface area contributed by atoms with Crippen LogP contribution in [0.15, 0.2) is 48.5 Å². The summed E-state index contributed by atoms with van der Waals surface area (Å²) in [5.41, 5.74) is 0.859. The maximum absolute atomic E-state index is 12.7. The Hall–Kier alpha value is -3.35. The van der Waals surface area contributed by atoms with Crippen LogP contribution >= 0.6 is 0 Å². The van der Waals surface area contributed by atoms with Crippen molar-refractivity contribution >= 4 is 17.7 Å². The molecule has 0 aromatic heterocycles. The molecule has 1 atom stereocenters. The van der Waals surface area contributed by atoms with E-state index in [9.17, 15) is 14.4 Å². The number of likely N-dealkylation sites (N-methyl/N-ethyl adjacent to an activating group) is 1. The average molecular weight is 408 g/mol. The van der Waals surface area contributed by atoms with Crippen molar-refractivity contribution in [3.05, 3.63) is 59.7 Å². The molecule has 7 heteroatoms. The molecule has 2 aliphatic rings. The van der Waals surface area contributed by atoms with E-state index in [0.717, 1.165) is 0 Å². The third kappa shape index (κ3) is 3.87. The number of imide groups is 1. The number of fused-ring (bicyclic) bond motifs is 2. The van der Waals surface area contributed by atoms with E-state index in [1.807, 2.05) is 31.2 Å². The minimum Gasteiger partial charge on any atom is -0.486 e. The second-order valence-electron chi connectivity index (χ2n) is 7.34. The molecule has 0 unspecified atom stereocenters. The fourth-order valence-corrected chi connectivity index (χ4v) is 3.79. The molecule has 3 amide bonds. The third-order valence-corrected chi connectivity index (χ3v) is 5.38. The molecule has 0 saturated carbocycles. The Labute approximate surface area is 175 Å². The fraction of sp³-hybridized carbons (Fsp3) is 0.348. The molecule has 0 saturated heterocycles. The van der Waals surface area contributed by atoms with Gasteiger partial charge in [0.2, 0.25) is 5.91 Å². The van der Waals surface area contributed by atoms with Gasteiger partial charge in [0.25, 0.3) is 11.8 Å². The van der Waals surface area contributed by atoms with Gasteiger partial charge in [0, 0.05) is 19.5 Å². The van der Waals surface area contributed by atoms with Gasteiger partial charge in [-0.15, -0.1) is 0 Å². The lowest BCUT2D eigenvalue weighted by molar-refractivity contribution is -0.132. The highest BCUT2D eigenvalue weighted by atomic mass is 16.6. The Morgan fingerprint density at radius 3 is 2.33 bits per heavy atom. The summed E-state index contributed by atoms with van der Waals surface area (Å²) in [6.07, 6.45) is 0.442. The first-order chi connectivity index (χ1) is 14.6. The zero-order valence-corrected chi connectivity index (χ0v) is 16.9. The quantitative estimate of drug-likeness (QED) is 0.659. The summed E-state index contributed by atoms with van der Waals surface area (Å²) in [5, 5.41) is 0. The molecule has 2 heterocycles.